The smallest absolute Gasteiger partial charge is 0.306 e. The molecule has 3 aromatic rings. The summed E-state index contributed by atoms with van der Waals surface area (Å²) in [6.07, 6.45) is 0.725. The second-order valence-corrected chi connectivity index (χ2v) is 8.16. The lowest BCUT2D eigenvalue weighted by molar-refractivity contribution is -0.151. The molecule has 7 heteroatoms. The standard InChI is InChI=1S/C22H25N3O3S/c1-24(2)17-10-8-16(9-11-17)14-25(3)21(26)15-28-22(27)13-12-20-23-18-6-4-5-7-19(18)29-20/h4-11H,12-15H2,1-3H3. The molecule has 29 heavy (non-hydrogen) atoms. The predicted octanol–water partition coefficient (Wildman–Crippen LogP) is 3.50. The van der Waals surface area contributed by atoms with Gasteiger partial charge in [-0.2, -0.15) is 0 Å². The third kappa shape index (κ3) is 5.77. The number of amides is 1. The molecule has 0 saturated carbocycles. The van der Waals surface area contributed by atoms with Crippen LogP contribution in [-0.2, 0) is 27.3 Å². The Morgan fingerprint density at radius 1 is 1.03 bits per heavy atom. The van der Waals surface area contributed by atoms with Crippen molar-refractivity contribution < 1.29 is 14.3 Å². The van der Waals surface area contributed by atoms with Crippen molar-refractivity contribution in [1.29, 1.82) is 0 Å². The maximum Gasteiger partial charge on any atom is 0.306 e. The fourth-order valence-electron chi connectivity index (χ4n) is 2.82. The maximum atomic E-state index is 12.2. The minimum Gasteiger partial charge on any atom is -0.456 e. The number of anilines is 1. The molecule has 2 aromatic carbocycles. The lowest BCUT2D eigenvalue weighted by atomic mass is 10.2. The molecule has 1 heterocycles. The molecule has 0 aliphatic rings. The molecule has 0 fully saturated rings. The van der Waals surface area contributed by atoms with Gasteiger partial charge in [0.2, 0.25) is 0 Å². The van der Waals surface area contributed by atoms with E-state index in [4.69, 9.17) is 4.74 Å². The quantitative estimate of drug-likeness (QED) is 0.531. The summed E-state index contributed by atoms with van der Waals surface area (Å²) in [5.41, 5.74) is 3.06. The van der Waals surface area contributed by atoms with Gasteiger partial charge in [0.05, 0.1) is 21.6 Å². The maximum absolute atomic E-state index is 12.2. The van der Waals surface area contributed by atoms with Gasteiger partial charge in [0.25, 0.3) is 5.91 Å². The van der Waals surface area contributed by atoms with Crippen molar-refractivity contribution in [2.24, 2.45) is 0 Å². The SMILES string of the molecule is CN(Cc1ccc(N(C)C)cc1)C(=O)COC(=O)CCc1nc2ccccc2s1. The van der Waals surface area contributed by atoms with E-state index in [0.717, 1.165) is 26.5 Å². The summed E-state index contributed by atoms with van der Waals surface area (Å²) < 4.78 is 6.25. The number of hydrogen-bond acceptors (Lipinski definition) is 6. The van der Waals surface area contributed by atoms with E-state index in [-0.39, 0.29) is 24.9 Å². The van der Waals surface area contributed by atoms with Crippen molar-refractivity contribution in [3.8, 4) is 0 Å². The van der Waals surface area contributed by atoms with E-state index >= 15 is 0 Å². The van der Waals surface area contributed by atoms with Crippen LogP contribution in [0.5, 0.6) is 0 Å². The van der Waals surface area contributed by atoms with Crippen LogP contribution in [0.4, 0.5) is 5.69 Å². The van der Waals surface area contributed by atoms with Crippen LogP contribution in [0.3, 0.4) is 0 Å². The van der Waals surface area contributed by atoms with Crippen LogP contribution in [0.1, 0.15) is 17.0 Å². The molecule has 152 valence electrons. The second-order valence-electron chi connectivity index (χ2n) is 7.05. The van der Waals surface area contributed by atoms with E-state index in [1.807, 2.05) is 67.5 Å². The van der Waals surface area contributed by atoms with Gasteiger partial charge in [0.15, 0.2) is 6.61 Å². The monoisotopic (exact) mass is 411 g/mol. The number of nitrogens with zero attached hydrogens (tertiary/aromatic N) is 3. The van der Waals surface area contributed by atoms with Crippen LogP contribution in [0.25, 0.3) is 10.2 Å². The van der Waals surface area contributed by atoms with Gasteiger partial charge in [0, 0.05) is 39.8 Å². The summed E-state index contributed by atoms with van der Waals surface area (Å²) in [5.74, 6) is -0.614. The summed E-state index contributed by atoms with van der Waals surface area (Å²) >= 11 is 1.58. The molecular formula is C22H25N3O3S. The van der Waals surface area contributed by atoms with Gasteiger partial charge in [-0.25, -0.2) is 4.98 Å². The number of rotatable bonds is 8. The fraction of sp³-hybridized carbons (Fsp3) is 0.318. The normalized spacial score (nSPS) is 10.7. The molecule has 0 unspecified atom stereocenters. The number of aromatic nitrogens is 1. The zero-order valence-corrected chi connectivity index (χ0v) is 17.7. The van der Waals surface area contributed by atoms with E-state index in [1.54, 1.807) is 23.3 Å². The number of fused-ring (bicyclic) bond motifs is 1. The number of esters is 1. The zero-order chi connectivity index (χ0) is 20.8. The van der Waals surface area contributed by atoms with Gasteiger partial charge >= 0.3 is 5.97 Å². The highest BCUT2D eigenvalue weighted by Gasteiger charge is 2.13. The van der Waals surface area contributed by atoms with E-state index < -0.39 is 0 Å². The van der Waals surface area contributed by atoms with Crippen LogP contribution in [0, 0.1) is 0 Å². The van der Waals surface area contributed by atoms with Gasteiger partial charge in [-0.1, -0.05) is 24.3 Å². The molecule has 6 nitrogen and oxygen atoms in total. The number of aryl methyl sites for hydroxylation is 1. The number of para-hydroxylation sites is 1. The molecule has 3 rings (SSSR count). The highest BCUT2D eigenvalue weighted by molar-refractivity contribution is 7.18. The molecular weight excluding hydrogens is 386 g/mol. The van der Waals surface area contributed by atoms with Gasteiger partial charge in [0.1, 0.15) is 0 Å². The number of ether oxygens (including phenoxy) is 1. The number of carbonyl (C=O) groups is 2. The molecule has 1 aromatic heterocycles. The molecule has 0 aliphatic heterocycles. The van der Waals surface area contributed by atoms with Gasteiger partial charge in [-0.05, 0) is 29.8 Å². The van der Waals surface area contributed by atoms with Crippen molar-refractivity contribution in [2.45, 2.75) is 19.4 Å². The third-order valence-electron chi connectivity index (χ3n) is 4.54. The molecule has 1 amide bonds. The molecule has 0 atom stereocenters. The number of hydrogen-bond donors (Lipinski definition) is 0. The van der Waals surface area contributed by atoms with E-state index in [9.17, 15) is 9.59 Å². The number of thiazole rings is 1. The van der Waals surface area contributed by atoms with Crippen molar-refractivity contribution in [2.75, 3.05) is 32.6 Å². The first-order valence-electron chi connectivity index (χ1n) is 9.42. The average molecular weight is 412 g/mol. The highest BCUT2D eigenvalue weighted by Crippen LogP contribution is 2.22. The van der Waals surface area contributed by atoms with E-state index in [2.05, 4.69) is 4.98 Å². The minimum absolute atomic E-state index is 0.211. The largest absolute Gasteiger partial charge is 0.456 e. The second kappa shape index (κ2) is 9.52. The Labute approximate surface area is 174 Å². The van der Waals surface area contributed by atoms with Crippen LogP contribution in [-0.4, -0.2) is 49.5 Å². The molecule has 0 N–H and O–H groups in total. The Morgan fingerprint density at radius 3 is 2.45 bits per heavy atom. The van der Waals surface area contributed by atoms with Crippen LogP contribution in [0.2, 0.25) is 0 Å². The first-order valence-corrected chi connectivity index (χ1v) is 10.2. The number of benzene rings is 2. The van der Waals surface area contributed by atoms with Crippen molar-refractivity contribution in [3.63, 3.8) is 0 Å². The summed E-state index contributed by atoms with van der Waals surface area (Å²) in [4.78, 5) is 32.3. The van der Waals surface area contributed by atoms with Crippen molar-refractivity contribution in [3.05, 3.63) is 59.1 Å². The van der Waals surface area contributed by atoms with Gasteiger partial charge in [-0.3, -0.25) is 9.59 Å². The lowest BCUT2D eigenvalue weighted by Crippen LogP contribution is -2.30. The van der Waals surface area contributed by atoms with Crippen molar-refractivity contribution in [1.82, 2.24) is 9.88 Å². The summed E-state index contributed by atoms with van der Waals surface area (Å²) in [7, 11) is 5.67. The molecule has 0 spiro atoms. The Morgan fingerprint density at radius 2 is 1.76 bits per heavy atom. The topological polar surface area (TPSA) is 62.7 Å². The van der Waals surface area contributed by atoms with Crippen LogP contribution < -0.4 is 4.90 Å². The first-order chi connectivity index (χ1) is 13.9. The Hall–Kier alpha value is -2.93. The van der Waals surface area contributed by atoms with E-state index in [1.165, 1.54) is 0 Å². The van der Waals surface area contributed by atoms with Crippen molar-refractivity contribution >= 4 is 39.1 Å². The average Bonchev–Trinajstić information content (AvgIpc) is 3.13. The summed E-state index contributed by atoms with van der Waals surface area (Å²) in [6, 6.07) is 15.9. The first kappa shape index (κ1) is 20.8. The van der Waals surface area contributed by atoms with Crippen LogP contribution in [0.15, 0.2) is 48.5 Å². The number of likely N-dealkylation sites (N-methyl/N-ethyl adjacent to an activating group) is 1. The summed E-state index contributed by atoms with van der Waals surface area (Å²) in [6.45, 7) is 0.223. The minimum atomic E-state index is -0.388. The molecule has 0 radical (unpaired) electrons. The predicted molar refractivity (Wildman–Crippen MR) is 116 cm³/mol. The molecule has 0 saturated heterocycles. The van der Waals surface area contributed by atoms with Gasteiger partial charge in [-0.15, -0.1) is 11.3 Å². The van der Waals surface area contributed by atoms with Crippen LogP contribution >= 0.6 is 11.3 Å². The Balaban J connectivity index is 1.42. The van der Waals surface area contributed by atoms with E-state index in [0.29, 0.717) is 13.0 Å². The highest BCUT2D eigenvalue weighted by atomic mass is 32.1. The molecule has 0 aliphatic carbocycles. The number of carbonyl (C=O) groups excluding carboxylic acids is 2. The third-order valence-corrected chi connectivity index (χ3v) is 5.63. The Kier molecular flexibility index (Phi) is 6.82. The van der Waals surface area contributed by atoms with Gasteiger partial charge < -0.3 is 14.5 Å². The zero-order valence-electron chi connectivity index (χ0n) is 16.9. The fourth-order valence-corrected chi connectivity index (χ4v) is 3.79. The Bertz CT molecular complexity index is 949. The lowest BCUT2D eigenvalue weighted by Gasteiger charge is -2.18. The molecule has 0 bridgehead atoms. The summed E-state index contributed by atoms with van der Waals surface area (Å²) in [5, 5.41) is 0.896.